The quantitative estimate of drug-likeness (QED) is 0.867. The molecule has 1 aromatic rings. The summed E-state index contributed by atoms with van der Waals surface area (Å²) in [5.41, 5.74) is 5.95. The zero-order valence-corrected chi connectivity index (χ0v) is 12.1. The number of ether oxygens (including phenoxy) is 1. The van der Waals surface area contributed by atoms with E-state index in [0.717, 1.165) is 6.07 Å². The molecule has 18 heavy (non-hydrogen) atoms. The van der Waals surface area contributed by atoms with E-state index in [-0.39, 0.29) is 34.5 Å². The second kappa shape index (κ2) is 6.04. The largest absolute Gasteiger partial charge is 0.482 e. The van der Waals surface area contributed by atoms with Crippen molar-refractivity contribution in [2.75, 3.05) is 19.4 Å². The molecule has 0 aliphatic carbocycles. The van der Waals surface area contributed by atoms with Crippen molar-refractivity contribution in [3.63, 3.8) is 0 Å². The number of likely N-dealkylation sites (N-methyl/N-ethyl adjacent to an activating group) is 1. The molecule has 0 aliphatic heterocycles. The van der Waals surface area contributed by atoms with E-state index < -0.39 is 5.82 Å². The first kappa shape index (κ1) is 14.8. The van der Waals surface area contributed by atoms with Gasteiger partial charge in [0, 0.05) is 19.2 Å². The number of benzene rings is 1. The minimum atomic E-state index is -0.483. The third-order valence-electron chi connectivity index (χ3n) is 2.57. The molecule has 0 bridgehead atoms. The van der Waals surface area contributed by atoms with Gasteiger partial charge in [-0.3, -0.25) is 4.79 Å². The van der Waals surface area contributed by atoms with Gasteiger partial charge in [-0.25, -0.2) is 4.39 Å². The Kier molecular flexibility index (Phi) is 4.95. The van der Waals surface area contributed by atoms with Crippen LogP contribution in [0.4, 0.5) is 10.1 Å². The van der Waals surface area contributed by atoms with Crippen LogP contribution in [-0.4, -0.2) is 30.5 Å². The number of hydrogen-bond acceptors (Lipinski definition) is 3. The minimum absolute atomic E-state index is 0.0834. The first-order valence-electron chi connectivity index (χ1n) is 5.46. The molecule has 1 amide bonds. The number of nitrogen functional groups attached to an aromatic ring is 1. The molecule has 4 nitrogen and oxygen atoms in total. The SMILES string of the molecule is CC(C)N(C)C(=O)COc1cc(F)c(Br)cc1N. The van der Waals surface area contributed by atoms with E-state index in [1.807, 2.05) is 13.8 Å². The highest BCUT2D eigenvalue weighted by molar-refractivity contribution is 9.10. The second-order valence-electron chi connectivity index (χ2n) is 4.19. The molecule has 0 aromatic heterocycles. The van der Waals surface area contributed by atoms with Crippen molar-refractivity contribution in [3.05, 3.63) is 22.4 Å². The lowest BCUT2D eigenvalue weighted by molar-refractivity contribution is -0.133. The number of rotatable bonds is 4. The van der Waals surface area contributed by atoms with Crippen LogP contribution in [0, 0.1) is 5.82 Å². The van der Waals surface area contributed by atoms with Gasteiger partial charge >= 0.3 is 0 Å². The fourth-order valence-electron chi connectivity index (χ4n) is 1.20. The Morgan fingerprint density at radius 3 is 2.72 bits per heavy atom. The molecule has 100 valence electrons. The van der Waals surface area contributed by atoms with E-state index >= 15 is 0 Å². The van der Waals surface area contributed by atoms with Crippen LogP contribution in [0.15, 0.2) is 16.6 Å². The Hall–Kier alpha value is -1.30. The number of anilines is 1. The smallest absolute Gasteiger partial charge is 0.260 e. The Bertz CT molecular complexity index is 452. The third-order valence-corrected chi connectivity index (χ3v) is 3.18. The highest BCUT2D eigenvalue weighted by Gasteiger charge is 2.14. The summed E-state index contributed by atoms with van der Waals surface area (Å²) >= 11 is 3.02. The van der Waals surface area contributed by atoms with Gasteiger partial charge < -0.3 is 15.4 Å². The van der Waals surface area contributed by atoms with Crippen molar-refractivity contribution in [1.29, 1.82) is 0 Å². The highest BCUT2D eigenvalue weighted by Crippen LogP contribution is 2.28. The summed E-state index contributed by atoms with van der Waals surface area (Å²) in [6, 6.07) is 2.64. The maximum Gasteiger partial charge on any atom is 0.260 e. The maximum absolute atomic E-state index is 13.3. The molecule has 1 rings (SSSR count). The average Bonchev–Trinajstić information content (AvgIpc) is 2.30. The molecule has 0 radical (unpaired) electrons. The summed E-state index contributed by atoms with van der Waals surface area (Å²) in [5, 5.41) is 0. The fourth-order valence-corrected chi connectivity index (χ4v) is 1.56. The molecule has 1 aromatic carbocycles. The average molecular weight is 319 g/mol. The van der Waals surface area contributed by atoms with Crippen LogP contribution in [0.5, 0.6) is 5.75 Å². The number of hydrogen-bond donors (Lipinski definition) is 1. The normalized spacial score (nSPS) is 10.6. The highest BCUT2D eigenvalue weighted by atomic mass is 79.9. The summed E-state index contributed by atoms with van der Waals surface area (Å²) in [7, 11) is 1.68. The molecule has 2 N–H and O–H groups in total. The van der Waals surface area contributed by atoms with E-state index in [0.29, 0.717) is 0 Å². The number of carbonyl (C=O) groups is 1. The van der Waals surface area contributed by atoms with E-state index in [1.54, 1.807) is 11.9 Å². The number of carbonyl (C=O) groups excluding carboxylic acids is 1. The Balaban J connectivity index is 2.70. The van der Waals surface area contributed by atoms with Crippen LogP contribution in [-0.2, 0) is 4.79 Å². The van der Waals surface area contributed by atoms with Crippen molar-refractivity contribution >= 4 is 27.5 Å². The molecule has 0 saturated carbocycles. The lowest BCUT2D eigenvalue weighted by Crippen LogP contribution is -2.36. The van der Waals surface area contributed by atoms with Gasteiger partial charge in [0.15, 0.2) is 6.61 Å². The molecular formula is C12H16BrFN2O2. The summed E-state index contributed by atoms with van der Waals surface area (Å²) in [6.07, 6.45) is 0. The van der Waals surface area contributed by atoms with Gasteiger partial charge in [0.25, 0.3) is 5.91 Å². The summed E-state index contributed by atoms with van der Waals surface area (Å²) in [4.78, 5) is 13.2. The van der Waals surface area contributed by atoms with Gasteiger partial charge in [-0.2, -0.15) is 0 Å². The van der Waals surface area contributed by atoms with E-state index in [1.165, 1.54) is 6.07 Å². The van der Waals surface area contributed by atoms with Gasteiger partial charge in [0.2, 0.25) is 0 Å². The van der Waals surface area contributed by atoms with Crippen molar-refractivity contribution < 1.29 is 13.9 Å². The number of amides is 1. The Labute approximate surface area is 114 Å². The minimum Gasteiger partial charge on any atom is -0.482 e. The summed E-state index contributed by atoms with van der Waals surface area (Å²) in [6.45, 7) is 3.62. The molecule has 0 atom stereocenters. The van der Waals surface area contributed by atoms with Crippen LogP contribution in [0.3, 0.4) is 0 Å². The molecule has 0 heterocycles. The standard InChI is InChI=1S/C12H16BrFN2O2/c1-7(2)16(3)12(17)6-18-11-5-9(14)8(13)4-10(11)15/h4-5,7H,6,15H2,1-3H3. The lowest BCUT2D eigenvalue weighted by Gasteiger charge is -2.21. The van der Waals surface area contributed by atoms with Crippen LogP contribution < -0.4 is 10.5 Å². The molecule has 0 aliphatic rings. The number of nitrogens with two attached hydrogens (primary N) is 1. The van der Waals surface area contributed by atoms with Gasteiger partial charge in [-0.05, 0) is 35.8 Å². The maximum atomic E-state index is 13.3. The lowest BCUT2D eigenvalue weighted by atomic mass is 10.3. The number of halogens is 2. The molecule has 0 spiro atoms. The van der Waals surface area contributed by atoms with Crippen molar-refractivity contribution in [1.82, 2.24) is 4.90 Å². The van der Waals surface area contributed by atoms with Gasteiger partial charge in [0.05, 0.1) is 10.2 Å². The van der Waals surface area contributed by atoms with Crippen LogP contribution in [0.25, 0.3) is 0 Å². The summed E-state index contributed by atoms with van der Waals surface area (Å²) < 4.78 is 18.8. The Morgan fingerprint density at radius 1 is 1.56 bits per heavy atom. The first-order chi connectivity index (χ1) is 8.32. The van der Waals surface area contributed by atoms with E-state index in [9.17, 15) is 9.18 Å². The fraction of sp³-hybridized carbons (Fsp3) is 0.417. The van der Waals surface area contributed by atoms with Gasteiger partial charge in [-0.1, -0.05) is 0 Å². The van der Waals surface area contributed by atoms with Crippen LogP contribution in [0.1, 0.15) is 13.8 Å². The molecular weight excluding hydrogens is 303 g/mol. The predicted molar refractivity (Wildman–Crippen MR) is 71.9 cm³/mol. The predicted octanol–water partition coefficient (Wildman–Crippen LogP) is 2.42. The zero-order valence-electron chi connectivity index (χ0n) is 10.5. The second-order valence-corrected chi connectivity index (χ2v) is 5.05. The van der Waals surface area contributed by atoms with Gasteiger partial charge in [-0.15, -0.1) is 0 Å². The topological polar surface area (TPSA) is 55.6 Å². The van der Waals surface area contributed by atoms with E-state index in [2.05, 4.69) is 15.9 Å². The third kappa shape index (κ3) is 3.60. The monoisotopic (exact) mass is 318 g/mol. The molecule has 6 heteroatoms. The van der Waals surface area contributed by atoms with Crippen molar-refractivity contribution in [2.45, 2.75) is 19.9 Å². The summed E-state index contributed by atoms with van der Waals surface area (Å²) in [5.74, 6) is -0.502. The van der Waals surface area contributed by atoms with Crippen molar-refractivity contribution in [2.24, 2.45) is 0 Å². The van der Waals surface area contributed by atoms with Crippen molar-refractivity contribution in [3.8, 4) is 5.75 Å². The molecule has 0 saturated heterocycles. The Morgan fingerprint density at radius 2 is 2.17 bits per heavy atom. The van der Waals surface area contributed by atoms with Crippen LogP contribution >= 0.6 is 15.9 Å². The zero-order chi connectivity index (χ0) is 13.9. The van der Waals surface area contributed by atoms with Crippen LogP contribution in [0.2, 0.25) is 0 Å². The number of nitrogens with zero attached hydrogens (tertiary/aromatic N) is 1. The molecule has 0 fully saturated rings. The van der Waals surface area contributed by atoms with E-state index in [4.69, 9.17) is 10.5 Å². The molecule has 0 unspecified atom stereocenters. The van der Waals surface area contributed by atoms with Gasteiger partial charge in [0.1, 0.15) is 11.6 Å². The first-order valence-corrected chi connectivity index (χ1v) is 6.25.